The molecule has 1 aliphatic carbocycles. The zero-order chi connectivity index (χ0) is 17.1. The summed E-state index contributed by atoms with van der Waals surface area (Å²) >= 11 is 0. The largest absolute Gasteiger partial charge is 0.484 e. The first-order valence-electron chi connectivity index (χ1n) is 8.53. The van der Waals surface area contributed by atoms with Crippen LogP contribution in [0.1, 0.15) is 51.0 Å². The van der Waals surface area contributed by atoms with Gasteiger partial charge in [0.15, 0.2) is 6.61 Å². The molecule has 2 aromatic rings. The van der Waals surface area contributed by atoms with Gasteiger partial charge in [0.05, 0.1) is 0 Å². The quantitative estimate of drug-likeness (QED) is 0.854. The van der Waals surface area contributed by atoms with E-state index in [4.69, 9.17) is 9.15 Å². The molecule has 1 amide bonds. The highest BCUT2D eigenvalue weighted by Gasteiger charge is 2.17. The van der Waals surface area contributed by atoms with Crippen molar-refractivity contribution in [3.8, 4) is 5.75 Å². The first kappa shape index (κ1) is 16.6. The van der Waals surface area contributed by atoms with E-state index in [2.05, 4.69) is 5.32 Å². The van der Waals surface area contributed by atoms with Crippen LogP contribution in [0.5, 0.6) is 5.75 Å². The molecule has 3 rings (SSSR count). The fourth-order valence-electron chi connectivity index (χ4n) is 3.22. The van der Waals surface area contributed by atoms with Crippen LogP contribution in [0.2, 0.25) is 0 Å². The van der Waals surface area contributed by atoms with Crippen molar-refractivity contribution in [1.82, 2.24) is 5.32 Å². The zero-order valence-electron chi connectivity index (χ0n) is 14.1. The molecule has 5 heteroatoms. The van der Waals surface area contributed by atoms with E-state index in [1.165, 1.54) is 18.9 Å². The standard InChI is InChI=1S/C19H23NO4/c1-12(2)16-10-19(22)24-17-9-14(7-8-15(16)17)23-11-18(21)20-13-5-3-4-6-13/h7-10,12-13H,3-6,11H2,1-2H3,(H,20,21). The summed E-state index contributed by atoms with van der Waals surface area (Å²) in [6.07, 6.45) is 4.44. The molecule has 128 valence electrons. The summed E-state index contributed by atoms with van der Waals surface area (Å²) < 4.78 is 10.8. The van der Waals surface area contributed by atoms with Gasteiger partial charge in [0.2, 0.25) is 0 Å². The minimum absolute atomic E-state index is 0.0316. The molecule has 1 saturated carbocycles. The molecule has 1 aliphatic rings. The van der Waals surface area contributed by atoms with Gasteiger partial charge >= 0.3 is 5.63 Å². The Kier molecular flexibility index (Phi) is 4.88. The molecule has 0 bridgehead atoms. The summed E-state index contributed by atoms with van der Waals surface area (Å²) in [5, 5.41) is 3.88. The Bertz CT molecular complexity index is 788. The summed E-state index contributed by atoms with van der Waals surface area (Å²) in [5.74, 6) is 0.632. The van der Waals surface area contributed by atoms with Gasteiger partial charge in [-0.1, -0.05) is 26.7 Å². The number of benzene rings is 1. The lowest BCUT2D eigenvalue weighted by atomic mass is 10.00. The second-order valence-electron chi connectivity index (χ2n) is 6.67. The molecule has 0 aliphatic heterocycles. The van der Waals surface area contributed by atoms with Gasteiger partial charge in [0.1, 0.15) is 11.3 Å². The van der Waals surface area contributed by atoms with Gasteiger partial charge in [0, 0.05) is 23.6 Å². The molecular weight excluding hydrogens is 306 g/mol. The second-order valence-corrected chi connectivity index (χ2v) is 6.67. The number of hydrogen-bond acceptors (Lipinski definition) is 4. The maximum absolute atomic E-state index is 11.9. The lowest BCUT2D eigenvalue weighted by Gasteiger charge is -2.13. The summed E-state index contributed by atoms with van der Waals surface area (Å²) in [6, 6.07) is 7.16. The van der Waals surface area contributed by atoms with Crippen LogP contribution in [0.25, 0.3) is 11.0 Å². The van der Waals surface area contributed by atoms with Crippen molar-refractivity contribution in [1.29, 1.82) is 0 Å². The Labute approximate surface area is 141 Å². The molecule has 0 radical (unpaired) electrons. The van der Waals surface area contributed by atoms with Crippen molar-refractivity contribution in [2.75, 3.05) is 6.61 Å². The van der Waals surface area contributed by atoms with Gasteiger partial charge in [-0.15, -0.1) is 0 Å². The third-order valence-corrected chi connectivity index (χ3v) is 4.46. The molecule has 1 aromatic heterocycles. The molecule has 1 N–H and O–H groups in total. The van der Waals surface area contributed by atoms with Gasteiger partial charge in [-0.2, -0.15) is 0 Å². The van der Waals surface area contributed by atoms with E-state index >= 15 is 0 Å². The van der Waals surface area contributed by atoms with E-state index < -0.39 is 0 Å². The van der Waals surface area contributed by atoms with Crippen LogP contribution in [-0.2, 0) is 4.79 Å². The Morgan fingerprint density at radius 2 is 2.04 bits per heavy atom. The average molecular weight is 329 g/mol. The van der Waals surface area contributed by atoms with Crippen LogP contribution in [0.4, 0.5) is 0 Å². The lowest BCUT2D eigenvalue weighted by molar-refractivity contribution is -0.123. The van der Waals surface area contributed by atoms with Crippen molar-refractivity contribution in [3.63, 3.8) is 0 Å². The van der Waals surface area contributed by atoms with Crippen LogP contribution >= 0.6 is 0 Å². The Balaban J connectivity index is 1.71. The Morgan fingerprint density at radius 3 is 2.75 bits per heavy atom. The molecule has 0 saturated heterocycles. The summed E-state index contributed by atoms with van der Waals surface area (Å²) in [4.78, 5) is 23.6. The number of fused-ring (bicyclic) bond motifs is 1. The highest BCUT2D eigenvalue weighted by atomic mass is 16.5. The maximum Gasteiger partial charge on any atom is 0.336 e. The predicted octanol–water partition coefficient (Wildman–Crippen LogP) is 3.35. The first-order valence-corrected chi connectivity index (χ1v) is 8.53. The molecule has 5 nitrogen and oxygen atoms in total. The average Bonchev–Trinajstić information content (AvgIpc) is 3.04. The highest BCUT2D eigenvalue weighted by molar-refractivity contribution is 5.82. The number of carbonyl (C=O) groups excluding carboxylic acids is 1. The number of amides is 1. The molecule has 1 aromatic carbocycles. The van der Waals surface area contributed by atoms with E-state index in [0.717, 1.165) is 23.8 Å². The normalized spacial score (nSPS) is 15.1. The Morgan fingerprint density at radius 1 is 1.29 bits per heavy atom. The third-order valence-electron chi connectivity index (χ3n) is 4.46. The molecule has 1 fully saturated rings. The smallest absolute Gasteiger partial charge is 0.336 e. The van der Waals surface area contributed by atoms with Crippen LogP contribution < -0.4 is 15.7 Å². The molecule has 0 unspecified atom stereocenters. The highest BCUT2D eigenvalue weighted by Crippen LogP contribution is 2.27. The van der Waals surface area contributed by atoms with Crippen LogP contribution in [0.3, 0.4) is 0 Å². The maximum atomic E-state index is 11.9. The van der Waals surface area contributed by atoms with Gasteiger partial charge in [-0.25, -0.2) is 4.79 Å². The number of rotatable bonds is 5. The van der Waals surface area contributed by atoms with Crippen molar-refractivity contribution < 1.29 is 13.9 Å². The molecular formula is C19H23NO4. The molecule has 0 spiro atoms. The Hall–Kier alpha value is -2.30. The van der Waals surface area contributed by atoms with Gasteiger partial charge in [-0.05, 0) is 36.5 Å². The number of ether oxygens (including phenoxy) is 1. The van der Waals surface area contributed by atoms with Crippen molar-refractivity contribution >= 4 is 16.9 Å². The van der Waals surface area contributed by atoms with Crippen LogP contribution in [0.15, 0.2) is 33.5 Å². The van der Waals surface area contributed by atoms with Crippen molar-refractivity contribution in [3.05, 3.63) is 40.2 Å². The fourth-order valence-corrected chi connectivity index (χ4v) is 3.22. The lowest BCUT2D eigenvalue weighted by Crippen LogP contribution is -2.36. The first-order chi connectivity index (χ1) is 11.5. The van der Waals surface area contributed by atoms with Crippen LogP contribution in [0, 0.1) is 0 Å². The minimum Gasteiger partial charge on any atom is -0.484 e. The second kappa shape index (κ2) is 7.07. The summed E-state index contributed by atoms with van der Waals surface area (Å²) in [7, 11) is 0. The minimum atomic E-state index is -0.373. The van der Waals surface area contributed by atoms with Gasteiger partial charge < -0.3 is 14.5 Å². The van der Waals surface area contributed by atoms with Crippen molar-refractivity contribution in [2.24, 2.45) is 0 Å². The SMILES string of the molecule is CC(C)c1cc(=O)oc2cc(OCC(=O)NC3CCCC3)ccc12. The molecule has 0 atom stereocenters. The van der Waals surface area contributed by atoms with E-state index in [0.29, 0.717) is 11.3 Å². The van der Waals surface area contributed by atoms with E-state index in [9.17, 15) is 9.59 Å². The van der Waals surface area contributed by atoms with Gasteiger partial charge in [-0.3, -0.25) is 4.79 Å². The third kappa shape index (κ3) is 3.78. The van der Waals surface area contributed by atoms with Crippen molar-refractivity contribution in [2.45, 2.75) is 51.5 Å². The number of carbonyl (C=O) groups is 1. The topological polar surface area (TPSA) is 68.5 Å². The number of hydrogen-bond donors (Lipinski definition) is 1. The van der Waals surface area contributed by atoms with E-state index in [1.807, 2.05) is 19.9 Å². The predicted molar refractivity (Wildman–Crippen MR) is 92.5 cm³/mol. The fraction of sp³-hybridized carbons (Fsp3) is 0.474. The van der Waals surface area contributed by atoms with E-state index in [-0.39, 0.29) is 30.1 Å². The van der Waals surface area contributed by atoms with Gasteiger partial charge in [0.25, 0.3) is 5.91 Å². The summed E-state index contributed by atoms with van der Waals surface area (Å²) in [6.45, 7) is 4.04. The van der Waals surface area contributed by atoms with Crippen LogP contribution in [-0.4, -0.2) is 18.6 Å². The zero-order valence-corrected chi connectivity index (χ0v) is 14.1. The monoisotopic (exact) mass is 329 g/mol. The number of nitrogens with one attached hydrogen (secondary N) is 1. The molecule has 1 heterocycles. The van der Waals surface area contributed by atoms with E-state index in [1.54, 1.807) is 12.1 Å². The molecule has 24 heavy (non-hydrogen) atoms. The summed E-state index contributed by atoms with van der Waals surface area (Å²) in [5.41, 5.74) is 1.06.